The maximum atomic E-state index is 13.2. The van der Waals surface area contributed by atoms with Crippen molar-refractivity contribution in [3.05, 3.63) is 30.6 Å². The molecule has 0 radical (unpaired) electrons. The van der Waals surface area contributed by atoms with Crippen molar-refractivity contribution in [1.82, 2.24) is 24.3 Å². The van der Waals surface area contributed by atoms with Crippen molar-refractivity contribution < 1.29 is 9.59 Å². The normalized spacial score (nSPS) is 28.3. The van der Waals surface area contributed by atoms with Gasteiger partial charge in [0.1, 0.15) is 0 Å². The van der Waals surface area contributed by atoms with E-state index in [1.165, 1.54) is 0 Å². The number of hydrogen-bond acceptors (Lipinski definition) is 4. The van der Waals surface area contributed by atoms with Gasteiger partial charge in [-0.1, -0.05) is 12.1 Å². The summed E-state index contributed by atoms with van der Waals surface area (Å²) in [7, 11) is 4.16. The molecule has 2 aromatic rings. The maximum Gasteiger partial charge on any atom is 0.224 e. The van der Waals surface area contributed by atoms with Gasteiger partial charge in [-0.2, -0.15) is 0 Å². The summed E-state index contributed by atoms with van der Waals surface area (Å²) in [5.74, 6) is 1.34. The second-order valence-corrected chi connectivity index (χ2v) is 9.82. The van der Waals surface area contributed by atoms with Crippen LogP contribution in [0.25, 0.3) is 11.0 Å². The highest BCUT2D eigenvalue weighted by atomic mass is 16.2. The molecule has 2 amide bonds. The number of likely N-dealkylation sites (N-methyl/N-ethyl adjacent to an activating group) is 1. The first-order valence-corrected chi connectivity index (χ1v) is 11.6. The van der Waals surface area contributed by atoms with Crippen LogP contribution in [0.4, 0.5) is 0 Å². The number of amides is 2. The fourth-order valence-electron chi connectivity index (χ4n) is 6.15. The summed E-state index contributed by atoms with van der Waals surface area (Å²) >= 11 is 0. The van der Waals surface area contributed by atoms with Crippen LogP contribution in [0.3, 0.4) is 0 Å². The van der Waals surface area contributed by atoms with Crippen molar-refractivity contribution >= 4 is 22.8 Å². The zero-order valence-corrected chi connectivity index (χ0v) is 18.6. The molecule has 0 N–H and O–H groups in total. The van der Waals surface area contributed by atoms with Crippen LogP contribution in [0.5, 0.6) is 0 Å². The van der Waals surface area contributed by atoms with Crippen LogP contribution in [0.2, 0.25) is 0 Å². The number of carbonyl (C=O) groups is 2. The lowest BCUT2D eigenvalue weighted by Gasteiger charge is -2.57. The van der Waals surface area contributed by atoms with Crippen molar-refractivity contribution in [3.63, 3.8) is 0 Å². The minimum absolute atomic E-state index is 0.220. The highest BCUT2D eigenvalue weighted by Crippen LogP contribution is 2.41. The topological polar surface area (TPSA) is 61.7 Å². The Morgan fingerprint density at radius 3 is 2.84 bits per heavy atom. The van der Waals surface area contributed by atoms with Gasteiger partial charge in [0, 0.05) is 51.1 Å². The van der Waals surface area contributed by atoms with Gasteiger partial charge in [0.15, 0.2) is 0 Å². The van der Waals surface area contributed by atoms with Gasteiger partial charge in [0.2, 0.25) is 11.8 Å². The molecule has 3 fully saturated rings. The number of benzene rings is 1. The van der Waals surface area contributed by atoms with Crippen LogP contribution in [0.1, 0.15) is 32.1 Å². The largest absolute Gasteiger partial charge is 0.342 e. The first kappa shape index (κ1) is 20.5. The Bertz CT molecular complexity index is 970. The number of imidazole rings is 1. The van der Waals surface area contributed by atoms with Crippen LogP contribution in [0.15, 0.2) is 30.6 Å². The first-order chi connectivity index (χ1) is 15.0. The zero-order valence-electron chi connectivity index (χ0n) is 18.6. The Morgan fingerprint density at radius 2 is 2.00 bits per heavy atom. The van der Waals surface area contributed by atoms with Gasteiger partial charge in [0.25, 0.3) is 0 Å². The van der Waals surface area contributed by atoms with Gasteiger partial charge < -0.3 is 19.3 Å². The second-order valence-electron chi connectivity index (χ2n) is 9.82. The number of para-hydroxylation sites is 2. The van der Waals surface area contributed by atoms with Crippen molar-refractivity contribution in [1.29, 1.82) is 0 Å². The predicted octanol–water partition coefficient (Wildman–Crippen LogP) is 2.22. The lowest BCUT2D eigenvalue weighted by molar-refractivity contribution is -0.157. The summed E-state index contributed by atoms with van der Waals surface area (Å²) < 4.78 is 2.08. The zero-order chi connectivity index (χ0) is 21.5. The van der Waals surface area contributed by atoms with Crippen LogP contribution < -0.4 is 0 Å². The average Bonchev–Trinajstić information content (AvgIpc) is 3.18. The molecule has 4 atom stereocenters. The number of likely N-dealkylation sites (tertiary alicyclic amines) is 1. The van der Waals surface area contributed by atoms with Crippen molar-refractivity contribution in [2.45, 2.75) is 50.7 Å². The highest BCUT2D eigenvalue weighted by Gasteiger charge is 2.49. The Kier molecular flexibility index (Phi) is 5.46. The Labute approximate surface area is 184 Å². The van der Waals surface area contributed by atoms with Crippen molar-refractivity contribution in [2.24, 2.45) is 11.8 Å². The number of fused-ring (bicyclic) bond motifs is 5. The molecule has 7 nitrogen and oxygen atoms in total. The molecule has 31 heavy (non-hydrogen) atoms. The molecule has 4 heterocycles. The Hall–Kier alpha value is -2.41. The lowest BCUT2D eigenvalue weighted by Crippen LogP contribution is -2.67. The summed E-state index contributed by atoms with van der Waals surface area (Å²) in [5.41, 5.74) is 2.05. The molecule has 5 rings (SSSR count). The van der Waals surface area contributed by atoms with Crippen molar-refractivity contribution in [3.8, 4) is 0 Å². The molecular formula is C24H33N5O2. The van der Waals surface area contributed by atoms with E-state index in [1.807, 2.05) is 24.5 Å². The molecule has 1 aromatic carbocycles. The SMILES string of the molecule is CN(C)C[C@H]1[C@H]2C[C@H](CN(C(=O)CCn3cnc4ccccc43)C2)[C@@H]2CCCC(=O)N21. The van der Waals surface area contributed by atoms with E-state index in [0.29, 0.717) is 43.2 Å². The Balaban J connectivity index is 1.30. The quantitative estimate of drug-likeness (QED) is 0.740. The van der Waals surface area contributed by atoms with Gasteiger partial charge in [-0.05, 0) is 57.3 Å². The van der Waals surface area contributed by atoms with E-state index in [-0.39, 0.29) is 11.9 Å². The third kappa shape index (κ3) is 3.84. The van der Waals surface area contributed by atoms with E-state index in [4.69, 9.17) is 0 Å². The molecule has 3 saturated heterocycles. The fourth-order valence-corrected chi connectivity index (χ4v) is 6.15. The maximum absolute atomic E-state index is 13.2. The summed E-state index contributed by atoms with van der Waals surface area (Å²) in [6.45, 7) is 3.10. The van der Waals surface area contributed by atoms with Gasteiger partial charge in [0.05, 0.1) is 17.4 Å². The van der Waals surface area contributed by atoms with Crippen LogP contribution in [-0.4, -0.2) is 81.9 Å². The van der Waals surface area contributed by atoms with Gasteiger partial charge in [-0.3, -0.25) is 9.59 Å². The molecule has 0 aliphatic carbocycles. The standard InChI is InChI=1S/C24H33N5O2/c1-26(2)15-22-18-12-17(20-8-5-9-24(31)29(20)22)13-28(14-18)23(30)10-11-27-16-25-19-6-3-4-7-21(19)27/h3-4,6-7,16-18,20,22H,5,8-15H2,1-2H3/t17-,18+,20+,22+/m1/s1. The van der Waals surface area contributed by atoms with Gasteiger partial charge in [-0.15, -0.1) is 0 Å². The summed E-state index contributed by atoms with van der Waals surface area (Å²) in [6, 6.07) is 8.57. The highest BCUT2D eigenvalue weighted by molar-refractivity contribution is 5.79. The smallest absolute Gasteiger partial charge is 0.224 e. The van der Waals surface area contributed by atoms with E-state index in [9.17, 15) is 9.59 Å². The number of piperidine rings is 3. The van der Waals surface area contributed by atoms with E-state index in [2.05, 4.69) is 44.4 Å². The van der Waals surface area contributed by atoms with Crippen LogP contribution in [0, 0.1) is 11.8 Å². The van der Waals surface area contributed by atoms with E-state index >= 15 is 0 Å². The second kappa shape index (κ2) is 8.26. The molecule has 3 aliphatic rings. The number of rotatable bonds is 5. The number of aryl methyl sites for hydroxylation is 1. The number of hydrogen-bond donors (Lipinski definition) is 0. The molecule has 1 aromatic heterocycles. The minimum atomic E-state index is 0.220. The van der Waals surface area contributed by atoms with E-state index < -0.39 is 0 Å². The Morgan fingerprint density at radius 1 is 1.19 bits per heavy atom. The average molecular weight is 424 g/mol. The molecule has 0 unspecified atom stereocenters. The predicted molar refractivity (Wildman–Crippen MR) is 119 cm³/mol. The molecule has 0 saturated carbocycles. The van der Waals surface area contributed by atoms with E-state index in [1.54, 1.807) is 0 Å². The molecular weight excluding hydrogens is 390 g/mol. The fraction of sp³-hybridized carbons (Fsp3) is 0.625. The number of aromatic nitrogens is 2. The molecule has 7 heteroatoms. The minimum Gasteiger partial charge on any atom is -0.342 e. The summed E-state index contributed by atoms with van der Waals surface area (Å²) in [4.78, 5) is 37.0. The summed E-state index contributed by atoms with van der Waals surface area (Å²) in [5, 5.41) is 0. The molecule has 2 bridgehead atoms. The van der Waals surface area contributed by atoms with Gasteiger partial charge >= 0.3 is 0 Å². The molecule has 0 spiro atoms. The lowest BCUT2D eigenvalue weighted by atomic mass is 9.72. The number of carbonyl (C=O) groups excluding carboxylic acids is 2. The van der Waals surface area contributed by atoms with Crippen LogP contribution >= 0.6 is 0 Å². The third-order valence-electron chi connectivity index (χ3n) is 7.50. The van der Waals surface area contributed by atoms with Crippen LogP contribution in [-0.2, 0) is 16.1 Å². The van der Waals surface area contributed by atoms with Crippen molar-refractivity contribution in [2.75, 3.05) is 33.7 Å². The third-order valence-corrected chi connectivity index (χ3v) is 7.50. The monoisotopic (exact) mass is 423 g/mol. The van der Waals surface area contributed by atoms with E-state index in [0.717, 1.165) is 49.9 Å². The van der Waals surface area contributed by atoms with Gasteiger partial charge in [-0.25, -0.2) is 4.98 Å². The number of nitrogens with zero attached hydrogens (tertiary/aromatic N) is 5. The molecule has 3 aliphatic heterocycles. The first-order valence-electron chi connectivity index (χ1n) is 11.6. The summed E-state index contributed by atoms with van der Waals surface area (Å²) in [6.07, 6.45) is 6.21. The molecule has 166 valence electrons.